The molecule has 4 rings (SSSR count). The zero-order valence-electron chi connectivity index (χ0n) is 20.1. The van der Waals surface area contributed by atoms with Crippen molar-refractivity contribution in [2.24, 2.45) is 0 Å². The molecule has 2 aromatic heterocycles. The lowest BCUT2D eigenvalue weighted by Gasteiger charge is -2.09. The van der Waals surface area contributed by atoms with E-state index in [1.54, 1.807) is 0 Å². The molecule has 3 nitrogen and oxygen atoms in total. The summed E-state index contributed by atoms with van der Waals surface area (Å²) in [7, 11) is 0. The molecular weight excluding hydrogens is 378 g/mol. The highest BCUT2D eigenvalue weighted by atomic mass is 15.3. The van der Waals surface area contributed by atoms with Crippen molar-refractivity contribution in [1.29, 1.82) is 0 Å². The molecule has 0 saturated carbocycles. The van der Waals surface area contributed by atoms with E-state index in [-0.39, 0.29) is 0 Å². The summed E-state index contributed by atoms with van der Waals surface area (Å²) in [5, 5.41) is 4.32. The molecule has 0 aliphatic carbocycles. The quantitative estimate of drug-likeness (QED) is 0.330. The molecule has 0 aliphatic rings. The van der Waals surface area contributed by atoms with Crippen molar-refractivity contribution >= 4 is 0 Å². The van der Waals surface area contributed by atoms with Gasteiger partial charge in [0.05, 0.1) is 5.69 Å². The number of nitrogens with zero attached hydrogens (tertiary/aromatic N) is 3. The highest BCUT2D eigenvalue weighted by Crippen LogP contribution is 2.17. The first-order valence-corrected chi connectivity index (χ1v) is 11.4. The van der Waals surface area contributed by atoms with Crippen molar-refractivity contribution < 1.29 is 0 Å². The average Bonchev–Trinajstić information content (AvgIpc) is 3.50. The molecule has 0 N–H and O–H groups in total. The third kappa shape index (κ3) is 9.52. The van der Waals surface area contributed by atoms with Crippen LogP contribution in [0.15, 0.2) is 97.5 Å². The second-order valence-electron chi connectivity index (χ2n) is 7.21. The molecule has 0 fully saturated rings. The molecule has 166 valence electrons. The molecule has 0 aliphatic heterocycles. The summed E-state index contributed by atoms with van der Waals surface area (Å²) in [6.07, 6.45) is 7.25. The smallest absolute Gasteiger partial charge is 0.0648 e. The Labute approximate surface area is 189 Å². The maximum Gasteiger partial charge on any atom is 0.0648 e. The lowest BCUT2D eigenvalue weighted by Crippen LogP contribution is -2.02. The maximum absolute atomic E-state index is 4.32. The Morgan fingerprint density at radius 1 is 0.742 bits per heavy atom. The van der Waals surface area contributed by atoms with Crippen LogP contribution in [0, 0.1) is 0 Å². The summed E-state index contributed by atoms with van der Waals surface area (Å²) in [6, 6.07) is 26.8. The van der Waals surface area contributed by atoms with Crippen molar-refractivity contribution in [2.45, 2.75) is 60.4 Å². The van der Waals surface area contributed by atoms with Crippen LogP contribution in [0.3, 0.4) is 0 Å². The van der Waals surface area contributed by atoms with Crippen LogP contribution >= 0.6 is 0 Å². The molecule has 0 atom stereocenters. The second kappa shape index (κ2) is 15.7. The Kier molecular flexibility index (Phi) is 13.2. The first-order chi connectivity index (χ1) is 15.2. The van der Waals surface area contributed by atoms with Crippen molar-refractivity contribution in [3.8, 4) is 5.69 Å². The van der Waals surface area contributed by atoms with Gasteiger partial charge in [0.1, 0.15) is 0 Å². The standard InChI is InChI=1S/C12H14N2.C11H11N.C3H8.C2H6/c1-10(2)12-8-9-13-14(12)11-6-4-3-5-7-11;1-2-6-11(7-3-1)10-12-8-4-5-9-12;1-3-2;1-2/h3-10H,1-2H3;1-9H,10H2;3H2,1-2H3;1-2H3. The highest BCUT2D eigenvalue weighted by Gasteiger charge is 2.07. The molecule has 0 unspecified atom stereocenters. The minimum atomic E-state index is 0.498. The van der Waals surface area contributed by atoms with E-state index in [4.69, 9.17) is 0 Å². The molecule has 0 bridgehead atoms. The van der Waals surface area contributed by atoms with Gasteiger partial charge in [-0.05, 0) is 41.8 Å². The fraction of sp³-hybridized carbons (Fsp3) is 0.321. The van der Waals surface area contributed by atoms with Gasteiger partial charge < -0.3 is 4.57 Å². The Balaban J connectivity index is 0.000000259. The van der Waals surface area contributed by atoms with Crippen LogP contribution in [0.25, 0.3) is 5.69 Å². The van der Waals surface area contributed by atoms with E-state index in [9.17, 15) is 0 Å². The summed E-state index contributed by atoms with van der Waals surface area (Å²) in [5.41, 5.74) is 3.71. The highest BCUT2D eigenvalue weighted by molar-refractivity contribution is 5.32. The minimum Gasteiger partial charge on any atom is -0.350 e. The summed E-state index contributed by atoms with van der Waals surface area (Å²) in [4.78, 5) is 0. The van der Waals surface area contributed by atoms with Gasteiger partial charge in [0.2, 0.25) is 0 Å². The summed E-state index contributed by atoms with van der Waals surface area (Å²) >= 11 is 0. The monoisotopic (exact) mass is 417 g/mol. The zero-order chi connectivity index (χ0) is 22.9. The van der Waals surface area contributed by atoms with Crippen LogP contribution in [-0.2, 0) is 6.54 Å². The molecule has 31 heavy (non-hydrogen) atoms. The molecule has 0 saturated heterocycles. The Morgan fingerprint density at radius 2 is 1.26 bits per heavy atom. The van der Waals surface area contributed by atoms with Crippen LogP contribution in [0.4, 0.5) is 0 Å². The number of rotatable bonds is 4. The molecule has 3 heteroatoms. The van der Waals surface area contributed by atoms with Gasteiger partial charge in [-0.15, -0.1) is 0 Å². The molecule has 0 spiro atoms. The van der Waals surface area contributed by atoms with Gasteiger partial charge in [-0.2, -0.15) is 5.10 Å². The second-order valence-corrected chi connectivity index (χ2v) is 7.21. The Hall–Kier alpha value is -3.07. The first kappa shape index (κ1) is 26.0. The fourth-order valence-electron chi connectivity index (χ4n) is 2.81. The number of aromatic nitrogens is 3. The zero-order valence-corrected chi connectivity index (χ0v) is 20.1. The topological polar surface area (TPSA) is 22.8 Å². The van der Waals surface area contributed by atoms with Crippen LogP contribution in [0.1, 0.15) is 65.1 Å². The summed E-state index contributed by atoms with van der Waals surface area (Å²) < 4.78 is 4.15. The van der Waals surface area contributed by atoms with E-state index in [0.29, 0.717) is 5.92 Å². The van der Waals surface area contributed by atoms with Crippen LogP contribution in [-0.4, -0.2) is 14.3 Å². The van der Waals surface area contributed by atoms with Gasteiger partial charge in [0.15, 0.2) is 0 Å². The molecule has 0 amide bonds. The Bertz CT molecular complexity index is 892. The van der Waals surface area contributed by atoms with Gasteiger partial charge in [-0.25, -0.2) is 4.68 Å². The first-order valence-electron chi connectivity index (χ1n) is 11.4. The summed E-state index contributed by atoms with van der Waals surface area (Å²) in [5.74, 6) is 0.498. The third-order valence-electron chi connectivity index (χ3n) is 4.14. The number of benzene rings is 2. The molecule has 2 aromatic carbocycles. The van der Waals surface area contributed by atoms with E-state index in [2.05, 4.69) is 92.2 Å². The average molecular weight is 418 g/mol. The van der Waals surface area contributed by atoms with Crippen molar-refractivity contribution in [1.82, 2.24) is 14.3 Å². The van der Waals surface area contributed by atoms with Gasteiger partial charge in [0.25, 0.3) is 0 Å². The molecule has 0 radical (unpaired) electrons. The van der Waals surface area contributed by atoms with E-state index >= 15 is 0 Å². The van der Waals surface area contributed by atoms with Crippen LogP contribution < -0.4 is 0 Å². The minimum absolute atomic E-state index is 0.498. The van der Waals surface area contributed by atoms with Crippen LogP contribution in [0.5, 0.6) is 0 Å². The van der Waals surface area contributed by atoms with E-state index in [1.807, 2.05) is 61.1 Å². The van der Waals surface area contributed by atoms with Gasteiger partial charge in [-0.1, -0.05) is 96.5 Å². The fourth-order valence-corrected chi connectivity index (χ4v) is 2.81. The van der Waals surface area contributed by atoms with Crippen LogP contribution in [0.2, 0.25) is 0 Å². The number of hydrogen-bond donors (Lipinski definition) is 0. The predicted molar refractivity (Wildman–Crippen MR) is 135 cm³/mol. The maximum atomic E-state index is 4.32. The van der Waals surface area contributed by atoms with Gasteiger partial charge in [0, 0.05) is 30.8 Å². The number of hydrogen-bond acceptors (Lipinski definition) is 1. The van der Waals surface area contributed by atoms with Gasteiger partial charge in [-0.3, -0.25) is 0 Å². The third-order valence-corrected chi connectivity index (χ3v) is 4.14. The SMILES string of the molecule is CC.CC(C)c1ccnn1-c1ccccc1.CCC.c1ccc(Cn2cccc2)cc1. The molecule has 2 heterocycles. The van der Waals surface area contributed by atoms with E-state index in [0.717, 1.165) is 12.2 Å². The lowest BCUT2D eigenvalue weighted by molar-refractivity contribution is 0.734. The largest absolute Gasteiger partial charge is 0.350 e. The molecular formula is C28H39N3. The van der Waals surface area contributed by atoms with Crippen molar-refractivity contribution in [3.05, 3.63) is 109 Å². The predicted octanol–water partition coefficient (Wildman–Crippen LogP) is 7.97. The van der Waals surface area contributed by atoms with E-state index in [1.165, 1.54) is 17.7 Å². The Morgan fingerprint density at radius 3 is 1.77 bits per heavy atom. The van der Waals surface area contributed by atoms with E-state index < -0.39 is 0 Å². The van der Waals surface area contributed by atoms with Gasteiger partial charge >= 0.3 is 0 Å². The summed E-state index contributed by atoms with van der Waals surface area (Å²) in [6.45, 7) is 13.6. The van der Waals surface area contributed by atoms with Crippen molar-refractivity contribution in [3.63, 3.8) is 0 Å². The normalized spacial score (nSPS) is 9.52. The van der Waals surface area contributed by atoms with Crippen molar-refractivity contribution in [2.75, 3.05) is 0 Å². The molecule has 4 aromatic rings. The lowest BCUT2D eigenvalue weighted by atomic mass is 10.1. The number of para-hydroxylation sites is 1.